The van der Waals surface area contributed by atoms with E-state index < -0.39 is 11.8 Å². The van der Waals surface area contributed by atoms with Crippen molar-refractivity contribution in [1.29, 1.82) is 0 Å². The average Bonchev–Trinajstić information content (AvgIpc) is 3.25. The number of methoxy groups -OCH3 is 1. The lowest BCUT2D eigenvalue weighted by Gasteiger charge is -2.14. The Bertz CT molecular complexity index is 1100. The number of ether oxygens (including phenoxy) is 1. The fourth-order valence-corrected chi connectivity index (χ4v) is 2.93. The van der Waals surface area contributed by atoms with Crippen molar-refractivity contribution in [1.82, 2.24) is 5.32 Å². The predicted octanol–water partition coefficient (Wildman–Crippen LogP) is 4.63. The summed E-state index contributed by atoms with van der Waals surface area (Å²) in [6.07, 6.45) is 1.41. The fourth-order valence-electron chi connectivity index (χ4n) is 2.55. The third-order valence-electron chi connectivity index (χ3n) is 4.11. The number of benzene rings is 2. The molecule has 0 fully saturated rings. The van der Waals surface area contributed by atoms with Gasteiger partial charge in [-0.05, 0) is 67.2 Å². The van der Waals surface area contributed by atoms with Gasteiger partial charge in [-0.3, -0.25) is 14.9 Å². The number of thiocarbonyl (C=S) groups is 1. The number of furan rings is 1. The SMILES string of the molecule is COc1ccc(NC(=O)c2ccco2)cc1NC(=S)NC(=O)c1ccc(C)c(Cl)c1. The Morgan fingerprint density at radius 2 is 1.87 bits per heavy atom. The Labute approximate surface area is 183 Å². The van der Waals surface area contributed by atoms with Gasteiger partial charge >= 0.3 is 0 Å². The molecule has 154 valence electrons. The zero-order chi connectivity index (χ0) is 21.7. The molecule has 3 N–H and O–H groups in total. The van der Waals surface area contributed by atoms with Crippen LogP contribution in [0.15, 0.2) is 59.2 Å². The third-order valence-corrected chi connectivity index (χ3v) is 4.72. The van der Waals surface area contributed by atoms with E-state index in [1.807, 2.05) is 6.92 Å². The summed E-state index contributed by atoms with van der Waals surface area (Å²) in [6.45, 7) is 1.85. The lowest BCUT2D eigenvalue weighted by Crippen LogP contribution is -2.34. The highest BCUT2D eigenvalue weighted by Gasteiger charge is 2.14. The van der Waals surface area contributed by atoms with Gasteiger partial charge in [0, 0.05) is 16.3 Å². The number of hydrogen-bond donors (Lipinski definition) is 3. The second kappa shape index (κ2) is 9.43. The number of hydrogen-bond acceptors (Lipinski definition) is 5. The number of aryl methyl sites for hydroxylation is 1. The molecule has 2 amide bonds. The van der Waals surface area contributed by atoms with Gasteiger partial charge in [0.25, 0.3) is 11.8 Å². The second-order valence-corrected chi connectivity index (χ2v) is 7.03. The number of carbonyl (C=O) groups excluding carboxylic acids is 2. The number of amides is 2. The molecule has 2 aromatic carbocycles. The molecule has 0 aliphatic heterocycles. The summed E-state index contributed by atoms with van der Waals surface area (Å²) >= 11 is 11.3. The molecule has 0 aliphatic rings. The lowest BCUT2D eigenvalue weighted by atomic mass is 10.1. The molecule has 0 spiro atoms. The standard InChI is InChI=1S/C21H18ClN3O4S/c1-12-5-6-13(10-15(12)22)19(26)25-21(30)24-16-11-14(7-8-17(16)28-2)23-20(27)18-4-3-9-29-18/h3-11H,1-2H3,(H,23,27)(H2,24,25,26,30). The fraction of sp³-hybridized carbons (Fsp3) is 0.0952. The Morgan fingerprint density at radius 1 is 1.07 bits per heavy atom. The van der Waals surface area contributed by atoms with Gasteiger partial charge in [-0.15, -0.1) is 0 Å². The molecule has 1 heterocycles. The van der Waals surface area contributed by atoms with E-state index in [1.54, 1.807) is 48.5 Å². The first-order valence-corrected chi connectivity index (χ1v) is 9.57. The normalized spacial score (nSPS) is 10.2. The maximum absolute atomic E-state index is 12.4. The second-order valence-electron chi connectivity index (χ2n) is 6.22. The van der Waals surface area contributed by atoms with E-state index in [2.05, 4.69) is 16.0 Å². The van der Waals surface area contributed by atoms with Crippen molar-refractivity contribution < 1.29 is 18.7 Å². The van der Waals surface area contributed by atoms with Crippen LogP contribution in [0.5, 0.6) is 5.75 Å². The quantitative estimate of drug-likeness (QED) is 0.498. The molecule has 1 aromatic heterocycles. The minimum Gasteiger partial charge on any atom is -0.495 e. The van der Waals surface area contributed by atoms with Gasteiger partial charge in [-0.1, -0.05) is 17.7 Å². The topological polar surface area (TPSA) is 92.6 Å². The van der Waals surface area contributed by atoms with Crippen molar-refractivity contribution in [3.8, 4) is 5.75 Å². The molecule has 3 rings (SSSR count). The van der Waals surface area contributed by atoms with E-state index in [4.69, 9.17) is 33.0 Å². The molecule has 0 atom stereocenters. The molecule has 0 radical (unpaired) electrons. The average molecular weight is 444 g/mol. The van der Waals surface area contributed by atoms with Crippen LogP contribution in [-0.2, 0) is 0 Å². The van der Waals surface area contributed by atoms with Crippen molar-refractivity contribution in [2.75, 3.05) is 17.7 Å². The third kappa shape index (κ3) is 5.16. The molecule has 0 aliphatic carbocycles. The maximum Gasteiger partial charge on any atom is 0.291 e. The zero-order valence-corrected chi connectivity index (χ0v) is 17.7. The van der Waals surface area contributed by atoms with Crippen LogP contribution in [0.2, 0.25) is 5.02 Å². The molecule has 0 unspecified atom stereocenters. The maximum atomic E-state index is 12.4. The van der Waals surface area contributed by atoms with Gasteiger partial charge in [0.15, 0.2) is 10.9 Å². The van der Waals surface area contributed by atoms with E-state index in [1.165, 1.54) is 13.4 Å². The highest BCUT2D eigenvalue weighted by molar-refractivity contribution is 7.80. The van der Waals surface area contributed by atoms with Gasteiger partial charge in [0.1, 0.15) is 5.75 Å². The van der Waals surface area contributed by atoms with E-state index in [0.29, 0.717) is 27.7 Å². The summed E-state index contributed by atoms with van der Waals surface area (Å²) in [5, 5.41) is 8.76. The number of carbonyl (C=O) groups is 2. The van der Waals surface area contributed by atoms with Gasteiger partial charge < -0.3 is 19.8 Å². The summed E-state index contributed by atoms with van der Waals surface area (Å²) in [4.78, 5) is 24.6. The highest BCUT2D eigenvalue weighted by atomic mass is 35.5. The first-order valence-electron chi connectivity index (χ1n) is 8.78. The first kappa shape index (κ1) is 21.4. The Morgan fingerprint density at radius 3 is 2.53 bits per heavy atom. The molecule has 0 saturated carbocycles. The van der Waals surface area contributed by atoms with Crippen LogP contribution in [0.25, 0.3) is 0 Å². The van der Waals surface area contributed by atoms with E-state index in [-0.39, 0.29) is 10.9 Å². The number of anilines is 2. The molecule has 0 bridgehead atoms. The predicted molar refractivity (Wildman–Crippen MR) is 120 cm³/mol. The highest BCUT2D eigenvalue weighted by Crippen LogP contribution is 2.28. The minimum absolute atomic E-state index is 0.0597. The number of rotatable bonds is 5. The Hall–Kier alpha value is -3.36. The van der Waals surface area contributed by atoms with E-state index in [9.17, 15) is 9.59 Å². The van der Waals surface area contributed by atoms with Gasteiger partial charge in [-0.2, -0.15) is 0 Å². The summed E-state index contributed by atoms with van der Waals surface area (Å²) in [7, 11) is 1.50. The molecular formula is C21H18ClN3O4S. The molecule has 3 aromatic rings. The lowest BCUT2D eigenvalue weighted by molar-refractivity contribution is 0.0975. The molecule has 7 nitrogen and oxygen atoms in total. The summed E-state index contributed by atoms with van der Waals surface area (Å²) < 4.78 is 10.4. The van der Waals surface area contributed by atoms with E-state index in [0.717, 1.165) is 5.56 Å². The van der Waals surface area contributed by atoms with Crippen LogP contribution in [-0.4, -0.2) is 24.0 Å². The Balaban J connectivity index is 1.70. The molecule has 0 saturated heterocycles. The molecular weight excluding hydrogens is 426 g/mol. The summed E-state index contributed by atoms with van der Waals surface area (Å²) in [5.74, 6) is -0.153. The van der Waals surface area contributed by atoms with Crippen LogP contribution >= 0.6 is 23.8 Å². The van der Waals surface area contributed by atoms with Crippen molar-refractivity contribution in [2.45, 2.75) is 6.92 Å². The van der Waals surface area contributed by atoms with Crippen LogP contribution in [0.3, 0.4) is 0 Å². The number of halogens is 1. The van der Waals surface area contributed by atoms with E-state index >= 15 is 0 Å². The van der Waals surface area contributed by atoms with Crippen molar-refractivity contribution in [3.05, 3.63) is 76.7 Å². The van der Waals surface area contributed by atoms with Gasteiger partial charge in [-0.25, -0.2) is 0 Å². The van der Waals surface area contributed by atoms with Crippen molar-refractivity contribution >= 4 is 52.1 Å². The molecule has 30 heavy (non-hydrogen) atoms. The summed E-state index contributed by atoms with van der Waals surface area (Å²) in [6, 6.07) is 13.1. The number of nitrogens with one attached hydrogen (secondary N) is 3. The van der Waals surface area contributed by atoms with Crippen LogP contribution in [0.1, 0.15) is 26.5 Å². The van der Waals surface area contributed by atoms with Crippen LogP contribution in [0, 0.1) is 6.92 Å². The Kier molecular flexibility index (Phi) is 6.71. The van der Waals surface area contributed by atoms with Crippen LogP contribution < -0.4 is 20.7 Å². The monoisotopic (exact) mass is 443 g/mol. The van der Waals surface area contributed by atoms with Crippen molar-refractivity contribution in [2.24, 2.45) is 0 Å². The summed E-state index contributed by atoms with van der Waals surface area (Å²) in [5.41, 5.74) is 2.19. The van der Waals surface area contributed by atoms with Gasteiger partial charge in [0.2, 0.25) is 0 Å². The smallest absolute Gasteiger partial charge is 0.291 e. The van der Waals surface area contributed by atoms with Crippen LogP contribution in [0.4, 0.5) is 11.4 Å². The zero-order valence-electron chi connectivity index (χ0n) is 16.1. The van der Waals surface area contributed by atoms with Crippen molar-refractivity contribution in [3.63, 3.8) is 0 Å². The minimum atomic E-state index is -0.407. The van der Waals surface area contributed by atoms with Gasteiger partial charge in [0.05, 0.1) is 19.1 Å². The first-order chi connectivity index (χ1) is 14.4. The largest absolute Gasteiger partial charge is 0.495 e. The molecule has 9 heteroatoms.